The van der Waals surface area contributed by atoms with Crippen molar-refractivity contribution in [2.24, 2.45) is 0 Å². The van der Waals surface area contributed by atoms with E-state index >= 15 is 0 Å². The molecule has 0 aliphatic rings. The second-order valence-electron chi connectivity index (χ2n) is 0. The van der Waals surface area contributed by atoms with Crippen molar-refractivity contribution < 1.29 is 76.2 Å². The summed E-state index contributed by atoms with van der Waals surface area (Å²) in [6, 6.07) is 0. The van der Waals surface area contributed by atoms with Crippen molar-refractivity contribution in [2.45, 2.75) is 0 Å². The molecule has 0 radical (unpaired) electrons. The van der Waals surface area contributed by atoms with Gasteiger partial charge in [0.15, 0.2) is 0 Å². The third-order valence-electron chi connectivity index (χ3n) is 0. The summed E-state index contributed by atoms with van der Waals surface area (Å²) in [7, 11) is 0. The van der Waals surface area contributed by atoms with Gasteiger partial charge >= 0.3 is 76.2 Å². The Morgan fingerprint density at radius 1 is 0.333 bits per heavy atom. The fraction of sp³-hybridized carbons (Fsp3) is 0. The Balaban J connectivity index is -0.00000000396. The molecule has 0 saturated heterocycles. The minimum Gasteiger partial charge on any atom is -0.512 e. The minimum atomic E-state index is 0. The third-order valence-corrected chi connectivity index (χ3v) is 0. The van der Waals surface area contributed by atoms with Crippen LogP contribution in [0.4, 0.5) is 0 Å². The van der Waals surface area contributed by atoms with Crippen LogP contribution in [0, 0.1) is 71.0 Å². The van der Waals surface area contributed by atoms with E-state index in [1.54, 1.807) is 0 Å². The summed E-state index contributed by atoms with van der Waals surface area (Å²) >= 11 is 0. The van der Waals surface area contributed by atoms with Crippen LogP contribution in [0.5, 0.6) is 0 Å². The molecule has 0 N–H and O–H groups in total. The summed E-state index contributed by atoms with van der Waals surface area (Å²) in [6.07, 6.45) is 0. The van der Waals surface area contributed by atoms with E-state index in [0.29, 0.717) is 0 Å². The van der Waals surface area contributed by atoms with Gasteiger partial charge in [0, 0.05) is 0 Å². The minimum absolute atomic E-state index is 0. The molecule has 0 aromatic heterocycles. The predicted molar refractivity (Wildman–Crippen MR) is 29.8 cm³/mol. The zero-order valence-corrected chi connectivity index (χ0v) is 13.1. The van der Waals surface area contributed by atoms with Gasteiger partial charge in [-0.15, -0.1) is 0 Å². The molecule has 0 fully saturated rings. The second-order valence-corrected chi connectivity index (χ2v) is 0. The van der Waals surface area contributed by atoms with E-state index in [4.69, 9.17) is 71.0 Å². The molecular formula is C6FeN6Na2-2. The SMILES string of the molecule is [C-]#N.[C-]#N.[C-]#N.[C-]#N.[C-]#N.[C-]#N.[Fe+2].[Na+].[Na+]. The molecule has 0 heterocycles. The van der Waals surface area contributed by atoms with Crippen LogP contribution >= 0.6 is 0 Å². The topological polar surface area (TPSA) is 143 Å². The smallest absolute Gasteiger partial charge is 0.512 e. The van der Waals surface area contributed by atoms with Crippen molar-refractivity contribution in [1.29, 1.82) is 31.6 Å². The largest absolute Gasteiger partial charge is 2.00 e. The van der Waals surface area contributed by atoms with Crippen molar-refractivity contribution in [3.8, 4) is 0 Å². The van der Waals surface area contributed by atoms with Crippen LogP contribution in [0.15, 0.2) is 0 Å². The number of hydrogen-bond donors (Lipinski definition) is 0. The van der Waals surface area contributed by atoms with Crippen molar-refractivity contribution in [3.05, 3.63) is 39.4 Å². The molecule has 0 aromatic carbocycles. The molecule has 0 aliphatic heterocycles. The summed E-state index contributed by atoms with van der Waals surface area (Å²) in [5.41, 5.74) is 0. The van der Waals surface area contributed by atoms with Crippen LogP contribution in [0.1, 0.15) is 0 Å². The van der Waals surface area contributed by atoms with Crippen LogP contribution in [0.25, 0.3) is 0 Å². The maximum Gasteiger partial charge on any atom is 2.00 e. The molecule has 0 spiro atoms. The molecule has 9 heteroatoms. The summed E-state index contributed by atoms with van der Waals surface area (Å²) in [5, 5.41) is 37.5. The molecule has 0 bridgehead atoms. The van der Waals surface area contributed by atoms with Gasteiger partial charge in [-0.2, -0.15) is 0 Å². The molecule has 66 valence electrons. The Kier molecular flexibility index (Phi) is 41900. The molecule has 0 saturated carbocycles. The van der Waals surface area contributed by atoms with Crippen LogP contribution in [0.2, 0.25) is 0 Å². The fourth-order valence-electron chi connectivity index (χ4n) is 0. The summed E-state index contributed by atoms with van der Waals surface area (Å²) in [5.74, 6) is 0. The fourth-order valence-corrected chi connectivity index (χ4v) is 0. The van der Waals surface area contributed by atoms with Gasteiger partial charge in [0.2, 0.25) is 0 Å². The molecule has 6 nitrogen and oxygen atoms in total. The number of rotatable bonds is 0. The quantitative estimate of drug-likeness (QED) is 0.313. The van der Waals surface area contributed by atoms with Crippen molar-refractivity contribution in [2.75, 3.05) is 0 Å². The Bertz CT molecular complexity index is 101. The monoisotopic (exact) mass is 258 g/mol. The molecule has 0 unspecified atom stereocenters. The first-order valence-corrected chi connectivity index (χ1v) is 1.34. The Hall–Kier alpha value is -0.541. The second kappa shape index (κ2) is 7150. The standard InChI is InChI=1S/6CN.Fe.2Na/c6*1-2;;;/q6*-1;+2;2*+1. The van der Waals surface area contributed by atoms with Gasteiger partial charge in [-0.1, -0.05) is 0 Å². The Morgan fingerprint density at radius 3 is 0.333 bits per heavy atom. The molecular weight excluding hydrogens is 258 g/mol. The average molecular weight is 258 g/mol. The first kappa shape index (κ1) is 87.9. The Morgan fingerprint density at radius 2 is 0.333 bits per heavy atom. The van der Waals surface area contributed by atoms with Crippen LogP contribution in [-0.4, -0.2) is 0 Å². The van der Waals surface area contributed by atoms with E-state index in [0.717, 1.165) is 0 Å². The summed E-state index contributed by atoms with van der Waals surface area (Å²) in [4.78, 5) is 0. The molecule has 0 atom stereocenters. The summed E-state index contributed by atoms with van der Waals surface area (Å²) < 4.78 is 0. The zero-order chi connectivity index (χ0) is 12.0. The Labute approximate surface area is 145 Å². The van der Waals surface area contributed by atoms with Crippen molar-refractivity contribution in [1.82, 2.24) is 0 Å². The first-order chi connectivity index (χ1) is 6.00. The summed E-state index contributed by atoms with van der Waals surface area (Å²) in [6.45, 7) is 28.5. The van der Waals surface area contributed by atoms with Crippen molar-refractivity contribution in [3.63, 3.8) is 0 Å². The number of hydrogen-bond acceptors (Lipinski definition) is 6. The van der Waals surface area contributed by atoms with E-state index in [-0.39, 0.29) is 76.2 Å². The maximum atomic E-state index is 6.25. The first-order valence-electron chi connectivity index (χ1n) is 1.34. The number of nitrogens with zero attached hydrogens (tertiary/aromatic N) is 6. The van der Waals surface area contributed by atoms with Gasteiger partial charge < -0.3 is 71.0 Å². The van der Waals surface area contributed by atoms with E-state index in [2.05, 4.69) is 0 Å². The normalized spacial score (nSPS) is 0.800. The van der Waals surface area contributed by atoms with E-state index < -0.39 is 0 Å². The van der Waals surface area contributed by atoms with Gasteiger partial charge in [0.25, 0.3) is 0 Å². The molecule has 0 aromatic rings. The van der Waals surface area contributed by atoms with E-state index in [9.17, 15) is 0 Å². The van der Waals surface area contributed by atoms with Crippen LogP contribution < -0.4 is 59.1 Å². The van der Waals surface area contributed by atoms with Gasteiger partial charge in [-0.3, -0.25) is 0 Å². The van der Waals surface area contributed by atoms with Crippen LogP contribution in [-0.2, 0) is 17.1 Å². The van der Waals surface area contributed by atoms with Crippen molar-refractivity contribution >= 4 is 0 Å². The maximum absolute atomic E-state index is 6.25. The van der Waals surface area contributed by atoms with Gasteiger partial charge in [-0.05, 0) is 0 Å². The zero-order valence-electron chi connectivity index (χ0n) is 8.04. The molecule has 15 heavy (non-hydrogen) atoms. The molecule has 0 aliphatic carbocycles. The predicted octanol–water partition coefficient (Wildman–Crippen LogP) is -5.42. The van der Waals surface area contributed by atoms with Gasteiger partial charge in [0.1, 0.15) is 0 Å². The van der Waals surface area contributed by atoms with E-state index in [1.807, 2.05) is 0 Å². The van der Waals surface area contributed by atoms with Crippen LogP contribution in [0.3, 0.4) is 0 Å². The molecule has 0 amide bonds. The van der Waals surface area contributed by atoms with Gasteiger partial charge in [0.05, 0.1) is 0 Å². The molecule has 0 rings (SSSR count). The average Bonchev–Trinajstić information content (AvgIpc) is 2.33. The third kappa shape index (κ3) is 6050. The van der Waals surface area contributed by atoms with Gasteiger partial charge in [-0.25, -0.2) is 0 Å². The van der Waals surface area contributed by atoms with E-state index in [1.165, 1.54) is 0 Å².